The maximum atomic E-state index is 2.64. The molecule has 2 aromatic carbocycles. The highest BCUT2D eigenvalue weighted by Gasteiger charge is 2.26. The molecule has 1 aliphatic carbocycles. The summed E-state index contributed by atoms with van der Waals surface area (Å²) >= 11 is 0. The topological polar surface area (TPSA) is 14.7 Å². The summed E-state index contributed by atoms with van der Waals surface area (Å²) in [6, 6.07) is 20.6. The summed E-state index contributed by atoms with van der Waals surface area (Å²) in [5.74, 6) is 0. The minimum atomic E-state index is 0.669. The predicted molar refractivity (Wildman–Crippen MR) is 127 cm³/mol. The molecule has 2 heterocycles. The molecule has 1 fully saturated rings. The van der Waals surface area contributed by atoms with E-state index in [9.17, 15) is 0 Å². The zero-order valence-corrected chi connectivity index (χ0v) is 18.4. The second kappa shape index (κ2) is 8.44. The van der Waals surface area contributed by atoms with Crippen molar-refractivity contribution in [3.63, 3.8) is 0 Å². The molecule has 0 radical (unpaired) electrons. The van der Waals surface area contributed by atoms with Gasteiger partial charge in [0.15, 0.2) is 0 Å². The molecule has 1 unspecified atom stereocenters. The Morgan fingerprint density at radius 2 is 1.60 bits per heavy atom. The number of hydrogen-bond donors (Lipinski definition) is 0. The lowest BCUT2D eigenvalue weighted by Gasteiger charge is -2.36. The monoisotopic (exact) mass is 402 g/mol. The van der Waals surface area contributed by atoms with Crippen molar-refractivity contribution in [2.24, 2.45) is 0 Å². The van der Waals surface area contributed by atoms with Gasteiger partial charge in [0.25, 0.3) is 0 Å². The van der Waals surface area contributed by atoms with Crippen molar-refractivity contribution in [1.29, 1.82) is 0 Å². The molecule has 4 heteroatoms. The molecule has 1 atom stereocenters. The third-order valence-corrected chi connectivity index (χ3v) is 7.21. The van der Waals surface area contributed by atoms with E-state index in [1.807, 2.05) is 0 Å². The van der Waals surface area contributed by atoms with E-state index in [0.29, 0.717) is 6.04 Å². The van der Waals surface area contributed by atoms with Crippen molar-refractivity contribution in [2.45, 2.75) is 31.8 Å². The normalized spacial score (nSPS) is 20.1. The Kier molecular flexibility index (Phi) is 5.53. The van der Waals surface area contributed by atoms with Crippen molar-refractivity contribution in [1.82, 2.24) is 14.4 Å². The van der Waals surface area contributed by atoms with Crippen molar-refractivity contribution >= 4 is 16.6 Å². The molecule has 158 valence electrons. The highest BCUT2D eigenvalue weighted by atomic mass is 15.3. The van der Waals surface area contributed by atoms with Gasteiger partial charge in [0.1, 0.15) is 0 Å². The van der Waals surface area contributed by atoms with Gasteiger partial charge in [-0.2, -0.15) is 0 Å². The highest BCUT2D eigenvalue weighted by Crippen LogP contribution is 2.33. The lowest BCUT2D eigenvalue weighted by Crippen LogP contribution is -2.47. The third-order valence-electron chi connectivity index (χ3n) is 7.21. The minimum Gasteiger partial charge on any atom is -0.369 e. The van der Waals surface area contributed by atoms with E-state index in [-0.39, 0.29) is 0 Å². The Morgan fingerprint density at radius 3 is 2.37 bits per heavy atom. The van der Waals surface area contributed by atoms with Crippen molar-refractivity contribution < 1.29 is 0 Å². The van der Waals surface area contributed by atoms with E-state index in [2.05, 4.69) is 88.0 Å². The summed E-state index contributed by atoms with van der Waals surface area (Å²) < 4.78 is 2.64. The quantitative estimate of drug-likeness (QED) is 0.644. The fraction of sp³-hybridized carbons (Fsp3) is 0.462. The first-order valence-electron chi connectivity index (χ1n) is 11.5. The van der Waals surface area contributed by atoms with E-state index in [4.69, 9.17) is 0 Å². The average molecular weight is 403 g/mol. The summed E-state index contributed by atoms with van der Waals surface area (Å²) in [6.45, 7) is 6.80. The number of rotatable bonds is 5. The largest absolute Gasteiger partial charge is 0.369 e. The molecule has 0 spiro atoms. The number of likely N-dealkylation sites (N-methyl/N-ethyl adjacent to an activating group) is 1. The van der Waals surface area contributed by atoms with Crippen molar-refractivity contribution in [3.8, 4) is 0 Å². The Labute approximate surface area is 180 Å². The summed E-state index contributed by atoms with van der Waals surface area (Å²) in [7, 11) is 4.45. The molecule has 0 bridgehead atoms. The van der Waals surface area contributed by atoms with Crippen LogP contribution in [0.25, 0.3) is 10.9 Å². The molecule has 0 saturated carbocycles. The number of para-hydroxylation sites is 2. The molecule has 1 saturated heterocycles. The first-order chi connectivity index (χ1) is 14.7. The lowest BCUT2D eigenvalue weighted by atomic mass is 9.91. The molecule has 1 aromatic heterocycles. The molecule has 0 N–H and O–H groups in total. The van der Waals surface area contributed by atoms with Crippen LogP contribution in [0.3, 0.4) is 0 Å². The van der Waals surface area contributed by atoms with Crippen LogP contribution in [-0.4, -0.2) is 67.2 Å². The van der Waals surface area contributed by atoms with Crippen LogP contribution in [0.5, 0.6) is 0 Å². The molecule has 5 rings (SSSR count). The van der Waals surface area contributed by atoms with Gasteiger partial charge in [-0.05, 0) is 57.1 Å². The predicted octanol–water partition coefficient (Wildman–Crippen LogP) is 3.88. The van der Waals surface area contributed by atoms with Gasteiger partial charge in [-0.1, -0.05) is 36.4 Å². The van der Waals surface area contributed by atoms with Gasteiger partial charge in [0.2, 0.25) is 0 Å². The maximum Gasteiger partial charge on any atom is 0.0485 e. The Morgan fingerprint density at radius 1 is 0.867 bits per heavy atom. The van der Waals surface area contributed by atoms with Crippen molar-refractivity contribution in [3.05, 3.63) is 65.9 Å². The van der Waals surface area contributed by atoms with Gasteiger partial charge in [0, 0.05) is 67.6 Å². The van der Waals surface area contributed by atoms with E-state index < -0.39 is 0 Å². The van der Waals surface area contributed by atoms with E-state index >= 15 is 0 Å². The second-order valence-corrected chi connectivity index (χ2v) is 9.12. The number of hydrogen-bond acceptors (Lipinski definition) is 3. The summed E-state index contributed by atoms with van der Waals surface area (Å²) in [6.07, 6.45) is 3.66. The molecule has 4 nitrogen and oxygen atoms in total. The third kappa shape index (κ3) is 3.75. The number of fused-ring (bicyclic) bond motifs is 3. The van der Waals surface area contributed by atoms with Crippen LogP contribution >= 0.6 is 0 Å². The van der Waals surface area contributed by atoms with Gasteiger partial charge in [-0.15, -0.1) is 0 Å². The van der Waals surface area contributed by atoms with Crippen LogP contribution in [0.15, 0.2) is 54.6 Å². The molecule has 3 aromatic rings. The number of benzene rings is 2. The van der Waals surface area contributed by atoms with Crippen LogP contribution in [0.4, 0.5) is 5.69 Å². The fourth-order valence-corrected chi connectivity index (χ4v) is 5.39. The smallest absolute Gasteiger partial charge is 0.0485 e. The highest BCUT2D eigenvalue weighted by molar-refractivity contribution is 5.86. The second-order valence-electron chi connectivity index (χ2n) is 9.12. The standard InChI is InChI=1S/C26H34N4/c1-27(2)22-12-13-26-24(20-22)23-10-6-7-11-25(23)30(26)19-16-28-14-17-29(18-15-28)21-8-4-3-5-9-21/h3-11,22H,12-20H2,1-2H3. The van der Waals surface area contributed by atoms with Crippen LogP contribution < -0.4 is 4.90 Å². The summed E-state index contributed by atoms with van der Waals surface area (Å²) in [5.41, 5.74) is 5.99. The molecule has 2 aliphatic rings. The van der Waals surface area contributed by atoms with E-state index in [0.717, 1.165) is 39.3 Å². The van der Waals surface area contributed by atoms with Crippen LogP contribution in [0.1, 0.15) is 17.7 Å². The summed E-state index contributed by atoms with van der Waals surface area (Å²) in [5, 5.41) is 1.48. The van der Waals surface area contributed by atoms with E-state index in [1.165, 1.54) is 35.9 Å². The Hall–Kier alpha value is -2.30. The number of anilines is 1. The Balaban J connectivity index is 1.29. The van der Waals surface area contributed by atoms with Gasteiger partial charge in [-0.25, -0.2) is 0 Å². The van der Waals surface area contributed by atoms with Crippen LogP contribution in [-0.2, 0) is 19.4 Å². The zero-order chi connectivity index (χ0) is 20.5. The molecule has 0 amide bonds. The molecule has 30 heavy (non-hydrogen) atoms. The molecule has 1 aliphatic heterocycles. The first-order valence-corrected chi connectivity index (χ1v) is 11.5. The summed E-state index contributed by atoms with van der Waals surface area (Å²) in [4.78, 5) is 7.57. The van der Waals surface area contributed by atoms with Crippen LogP contribution in [0.2, 0.25) is 0 Å². The fourth-order valence-electron chi connectivity index (χ4n) is 5.39. The first kappa shape index (κ1) is 19.7. The molecular weight excluding hydrogens is 368 g/mol. The van der Waals surface area contributed by atoms with Gasteiger partial charge < -0.3 is 14.4 Å². The Bertz CT molecular complexity index is 983. The zero-order valence-electron chi connectivity index (χ0n) is 18.4. The number of nitrogens with zero attached hydrogens (tertiary/aromatic N) is 4. The molecular formula is C26H34N4. The SMILES string of the molecule is CN(C)C1CCc2c(c3ccccc3n2CCN2CCN(c3ccccc3)CC2)C1. The maximum absolute atomic E-state index is 2.64. The van der Waals surface area contributed by atoms with Crippen LogP contribution in [0, 0.1) is 0 Å². The van der Waals surface area contributed by atoms with Gasteiger partial charge in [0.05, 0.1) is 0 Å². The lowest BCUT2D eigenvalue weighted by molar-refractivity contribution is 0.245. The van der Waals surface area contributed by atoms with E-state index in [1.54, 1.807) is 11.3 Å². The number of aromatic nitrogens is 1. The van der Waals surface area contributed by atoms with Crippen molar-refractivity contribution in [2.75, 3.05) is 51.7 Å². The average Bonchev–Trinajstić information content (AvgIpc) is 3.11. The number of piperazine rings is 1. The van der Waals surface area contributed by atoms with Gasteiger partial charge in [-0.3, -0.25) is 4.90 Å². The van der Waals surface area contributed by atoms with Gasteiger partial charge >= 0.3 is 0 Å². The minimum absolute atomic E-state index is 0.669.